The molecule has 0 unspecified atom stereocenters. The zero-order chi connectivity index (χ0) is 17.4. The second-order valence-electron chi connectivity index (χ2n) is 6.26. The molecule has 6 heteroatoms. The van der Waals surface area contributed by atoms with Crippen LogP contribution in [-0.4, -0.2) is 35.6 Å². The lowest BCUT2D eigenvalue weighted by Gasteiger charge is -2.37. The molecule has 3 heterocycles. The highest BCUT2D eigenvalue weighted by atomic mass is 35.5. The predicted octanol–water partition coefficient (Wildman–Crippen LogP) is 2.98. The van der Waals surface area contributed by atoms with E-state index in [0.29, 0.717) is 0 Å². The first-order valence-electron chi connectivity index (χ1n) is 8.37. The van der Waals surface area contributed by atoms with Crippen molar-refractivity contribution in [2.24, 2.45) is 0 Å². The highest BCUT2D eigenvalue weighted by Gasteiger charge is 2.20. The van der Waals surface area contributed by atoms with Crippen molar-refractivity contribution in [2.45, 2.75) is 6.92 Å². The Morgan fingerprint density at radius 1 is 1.00 bits per heavy atom. The number of hydrogen-bond acceptors (Lipinski definition) is 4. The Balaban J connectivity index is 1.59. The standard InChI is InChI=1S/C19H19ClN4O/c1-14-5-4-8-24-18(25)13-17(21-19(14)24)23-11-9-22(10-12-23)16-7-3-2-6-15(16)20/h2-8,13H,9-12H2,1H3. The van der Waals surface area contributed by atoms with E-state index >= 15 is 0 Å². The molecule has 5 nitrogen and oxygen atoms in total. The molecule has 128 valence electrons. The molecule has 0 aliphatic carbocycles. The van der Waals surface area contributed by atoms with Gasteiger partial charge in [0.2, 0.25) is 0 Å². The fraction of sp³-hybridized carbons (Fsp3) is 0.263. The van der Waals surface area contributed by atoms with E-state index in [1.165, 1.54) is 0 Å². The molecule has 3 aromatic rings. The van der Waals surface area contributed by atoms with E-state index < -0.39 is 0 Å². The van der Waals surface area contributed by atoms with Gasteiger partial charge in [0.25, 0.3) is 5.56 Å². The Labute approximate surface area is 151 Å². The quantitative estimate of drug-likeness (QED) is 0.709. The number of halogens is 1. The predicted molar refractivity (Wildman–Crippen MR) is 102 cm³/mol. The fourth-order valence-electron chi connectivity index (χ4n) is 3.30. The number of hydrogen-bond donors (Lipinski definition) is 0. The Kier molecular flexibility index (Phi) is 4.09. The van der Waals surface area contributed by atoms with Crippen LogP contribution in [0.15, 0.2) is 53.5 Å². The summed E-state index contributed by atoms with van der Waals surface area (Å²) in [5, 5.41) is 0.772. The Hall–Kier alpha value is -2.53. The number of aromatic nitrogens is 2. The van der Waals surface area contributed by atoms with Crippen molar-refractivity contribution in [2.75, 3.05) is 36.0 Å². The SMILES string of the molecule is Cc1cccn2c(=O)cc(N3CCN(c4ccccc4Cl)CC3)nc12. The Morgan fingerprint density at radius 3 is 2.48 bits per heavy atom. The number of aryl methyl sites for hydroxylation is 1. The zero-order valence-corrected chi connectivity index (χ0v) is 14.8. The van der Waals surface area contributed by atoms with Crippen LogP contribution in [0.1, 0.15) is 5.56 Å². The molecular formula is C19H19ClN4O. The molecule has 1 aromatic carbocycles. The Bertz CT molecular complexity index is 977. The van der Waals surface area contributed by atoms with Crippen LogP contribution in [0.2, 0.25) is 5.02 Å². The van der Waals surface area contributed by atoms with Crippen molar-refractivity contribution in [1.29, 1.82) is 0 Å². The third-order valence-electron chi connectivity index (χ3n) is 4.67. The summed E-state index contributed by atoms with van der Waals surface area (Å²) in [6.07, 6.45) is 1.76. The number of rotatable bonds is 2. The summed E-state index contributed by atoms with van der Waals surface area (Å²) in [6.45, 7) is 5.28. The van der Waals surface area contributed by atoms with Crippen molar-refractivity contribution in [1.82, 2.24) is 9.38 Å². The molecule has 4 rings (SSSR count). The maximum Gasteiger partial charge on any atom is 0.259 e. The van der Waals surface area contributed by atoms with E-state index in [4.69, 9.17) is 16.6 Å². The summed E-state index contributed by atoms with van der Waals surface area (Å²) in [5.74, 6) is 0.748. The molecule has 0 saturated carbocycles. The molecule has 1 aliphatic rings. The van der Waals surface area contributed by atoms with Gasteiger partial charge < -0.3 is 9.80 Å². The highest BCUT2D eigenvalue weighted by molar-refractivity contribution is 6.33. The minimum atomic E-state index is -0.0442. The molecule has 0 amide bonds. The van der Waals surface area contributed by atoms with E-state index in [0.717, 1.165) is 53.9 Å². The van der Waals surface area contributed by atoms with Gasteiger partial charge in [0.1, 0.15) is 11.5 Å². The molecule has 1 aliphatic heterocycles. The summed E-state index contributed by atoms with van der Waals surface area (Å²) in [5.41, 5.74) is 2.73. The number of pyridine rings is 1. The van der Waals surface area contributed by atoms with Crippen LogP contribution in [0.4, 0.5) is 11.5 Å². The number of piperazine rings is 1. The third kappa shape index (κ3) is 2.96. The van der Waals surface area contributed by atoms with Gasteiger partial charge in [-0.2, -0.15) is 0 Å². The lowest BCUT2D eigenvalue weighted by atomic mass is 10.2. The first-order chi connectivity index (χ1) is 12.1. The lowest BCUT2D eigenvalue weighted by Crippen LogP contribution is -2.47. The second kappa shape index (κ2) is 6.41. The maximum absolute atomic E-state index is 12.4. The molecular weight excluding hydrogens is 336 g/mol. The van der Waals surface area contributed by atoms with Gasteiger partial charge in [-0.05, 0) is 30.7 Å². The maximum atomic E-state index is 12.4. The van der Waals surface area contributed by atoms with E-state index in [2.05, 4.69) is 9.80 Å². The topological polar surface area (TPSA) is 40.9 Å². The van der Waals surface area contributed by atoms with Crippen LogP contribution in [0.5, 0.6) is 0 Å². The largest absolute Gasteiger partial charge is 0.367 e. The van der Waals surface area contributed by atoms with Crippen molar-refractivity contribution in [3.8, 4) is 0 Å². The van der Waals surface area contributed by atoms with Crippen molar-refractivity contribution in [3.63, 3.8) is 0 Å². The summed E-state index contributed by atoms with van der Waals surface area (Å²) < 4.78 is 1.60. The molecule has 0 spiro atoms. The molecule has 1 fully saturated rings. The smallest absolute Gasteiger partial charge is 0.259 e. The van der Waals surface area contributed by atoms with Gasteiger partial charge in [0.05, 0.1) is 10.7 Å². The average Bonchev–Trinajstić information content (AvgIpc) is 2.63. The summed E-state index contributed by atoms with van der Waals surface area (Å²) in [4.78, 5) is 21.6. The van der Waals surface area contributed by atoms with Crippen LogP contribution in [-0.2, 0) is 0 Å². The van der Waals surface area contributed by atoms with Crippen molar-refractivity contribution >= 4 is 28.8 Å². The van der Waals surface area contributed by atoms with E-state index in [1.807, 2.05) is 43.3 Å². The van der Waals surface area contributed by atoms with Crippen molar-refractivity contribution < 1.29 is 0 Å². The molecule has 2 aromatic heterocycles. The van der Waals surface area contributed by atoms with Gasteiger partial charge in [0, 0.05) is 38.4 Å². The van der Waals surface area contributed by atoms with Gasteiger partial charge >= 0.3 is 0 Å². The molecule has 1 saturated heterocycles. The number of anilines is 2. The first-order valence-corrected chi connectivity index (χ1v) is 8.75. The van der Waals surface area contributed by atoms with Gasteiger partial charge in [-0.1, -0.05) is 29.8 Å². The van der Waals surface area contributed by atoms with E-state index in [9.17, 15) is 4.79 Å². The normalized spacial score (nSPS) is 15.0. The Morgan fingerprint density at radius 2 is 1.72 bits per heavy atom. The second-order valence-corrected chi connectivity index (χ2v) is 6.67. The molecule has 0 bridgehead atoms. The van der Waals surface area contributed by atoms with Gasteiger partial charge in [-0.3, -0.25) is 9.20 Å². The minimum Gasteiger partial charge on any atom is -0.367 e. The van der Waals surface area contributed by atoms with Crippen molar-refractivity contribution in [3.05, 3.63) is 69.6 Å². The van der Waals surface area contributed by atoms with Crippen LogP contribution >= 0.6 is 11.6 Å². The first kappa shape index (κ1) is 16.0. The monoisotopic (exact) mass is 354 g/mol. The highest BCUT2D eigenvalue weighted by Crippen LogP contribution is 2.26. The van der Waals surface area contributed by atoms with Crippen LogP contribution < -0.4 is 15.4 Å². The number of fused-ring (bicyclic) bond motifs is 1. The minimum absolute atomic E-state index is 0.0442. The summed E-state index contributed by atoms with van der Waals surface area (Å²) >= 11 is 6.30. The molecule has 25 heavy (non-hydrogen) atoms. The van der Waals surface area contributed by atoms with Crippen LogP contribution in [0.25, 0.3) is 5.65 Å². The fourth-order valence-corrected chi connectivity index (χ4v) is 3.55. The number of para-hydroxylation sites is 1. The van der Waals surface area contributed by atoms with Gasteiger partial charge in [-0.15, -0.1) is 0 Å². The van der Waals surface area contributed by atoms with Gasteiger partial charge in [-0.25, -0.2) is 4.98 Å². The number of nitrogens with zero attached hydrogens (tertiary/aromatic N) is 4. The van der Waals surface area contributed by atoms with Crippen LogP contribution in [0.3, 0.4) is 0 Å². The molecule has 0 N–H and O–H groups in total. The summed E-state index contributed by atoms with van der Waals surface area (Å²) in [6, 6.07) is 13.4. The number of benzene rings is 1. The van der Waals surface area contributed by atoms with E-state index in [-0.39, 0.29) is 5.56 Å². The third-order valence-corrected chi connectivity index (χ3v) is 4.99. The van der Waals surface area contributed by atoms with Gasteiger partial charge in [0.15, 0.2) is 0 Å². The summed E-state index contributed by atoms with van der Waals surface area (Å²) in [7, 11) is 0. The van der Waals surface area contributed by atoms with E-state index in [1.54, 1.807) is 16.7 Å². The zero-order valence-electron chi connectivity index (χ0n) is 14.0. The lowest BCUT2D eigenvalue weighted by molar-refractivity contribution is 0.647. The molecule has 0 radical (unpaired) electrons. The molecule has 0 atom stereocenters. The van der Waals surface area contributed by atoms with Crippen LogP contribution in [0, 0.1) is 6.92 Å². The average molecular weight is 355 g/mol.